The summed E-state index contributed by atoms with van der Waals surface area (Å²) >= 11 is 0. The zero-order valence-corrected chi connectivity index (χ0v) is 7.73. The minimum Gasteiger partial charge on any atom is -0.383 e. The van der Waals surface area contributed by atoms with Gasteiger partial charge in [0.25, 0.3) is 0 Å². The summed E-state index contributed by atoms with van der Waals surface area (Å²) in [6.45, 7) is 4.20. The molecule has 0 saturated heterocycles. The van der Waals surface area contributed by atoms with Crippen molar-refractivity contribution in [1.29, 1.82) is 0 Å². The molecule has 1 rings (SSSR count). The molecule has 0 spiro atoms. The molecule has 0 aliphatic carbocycles. The summed E-state index contributed by atoms with van der Waals surface area (Å²) in [7, 11) is 0. The maximum Gasteiger partial charge on any atom is 0.351 e. The molecule has 0 fully saturated rings. The zero-order valence-electron chi connectivity index (χ0n) is 7.73. The molecule has 5 nitrogen and oxygen atoms in total. The second-order valence-corrected chi connectivity index (χ2v) is 2.60. The van der Waals surface area contributed by atoms with Crippen LogP contribution in [0.15, 0.2) is 17.1 Å². The van der Waals surface area contributed by atoms with Crippen LogP contribution < -0.4 is 11.4 Å². The number of ether oxygens (including phenoxy) is 1. The van der Waals surface area contributed by atoms with Gasteiger partial charge < -0.3 is 10.5 Å². The molecule has 0 aromatic carbocycles. The minimum atomic E-state index is -0.388. The van der Waals surface area contributed by atoms with Crippen LogP contribution in [0.3, 0.4) is 0 Å². The molecule has 1 aromatic heterocycles. The van der Waals surface area contributed by atoms with Crippen molar-refractivity contribution >= 4 is 5.82 Å². The first-order chi connectivity index (χ1) is 6.15. The number of nitrogens with two attached hydrogens (primary N) is 1. The Morgan fingerprint density at radius 2 is 2.46 bits per heavy atom. The van der Waals surface area contributed by atoms with E-state index in [1.807, 2.05) is 6.92 Å². The third kappa shape index (κ3) is 2.29. The van der Waals surface area contributed by atoms with E-state index in [9.17, 15) is 4.79 Å². The average molecular weight is 183 g/mol. The molecule has 1 atom stereocenters. The average Bonchev–Trinajstić information content (AvgIpc) is 2.04. The lowest BCUT2D eigenvalue weighted by Crippen LogP contribution is -2.27. The molecule has 1 heterocycles. The highest BCUT2D eigenvalue weighted by Crippen LogP contribution is 2.03. The van der Waals surface area contributed by atoms with Crippen LogP contribution >= 0.6 is 0 Å². The Morgan fingerprint density at radius 1 is 1.77 bits per heavy atom. The summed E-state index contributed by atoms with van der Waals surface area (Å²) in [5.41, 5.74) is 4.95. The molecule has 1 unspecified atom stereocenters. The first-order valence-electron chi connectivity index (χ1n) is 4.11. The van der Waals surface area contributed by atoms with Crippen LogP contribution in [0.2, 0.25) is 0 Å². The molecule has 72 valence electrons. The Kier molecular flexibility index (Phi) is 3.02. The molecule has 0 bridgehead atoms. The highest BCUT2D eigenvalue weighted by atomic mass is 16.5. The van der Waals surface area contributed by atoms with E-state index in [-0.39, 0.29) is 17.7 Å². The molecule has 2 N–H and O–H groups in total. The van der Waals surface area contributed by atoms with E-state index in [1.165, 1.54) is 4.57 Å². The maximum absolute atomic E-state index is 11.2. The Hall–Kier alpha value is -1.36. The lowest BCUT2D eigenvalue weighted by Gasteiger charge is -2.13. The van der Waals surface area contributed by atoms with E-state index in [1.54, 1.807) is 19.2 Å². The van der Waals surface area contributed by atoms with Gasteiger partial charge in [-0.05, 0) is 19.9 Å². The predicted molar refractivity (Wildman–Crippen MR) is 49.2 cm³/mol. The molecular formula is C8H13N3O2. The highest BCUT2D eigenvalue weighted by molar-refractivity contribution is 5.23. The van der Waals surface area contributed by atoms with Crippen LogP contribution in [0.25, 0.3) is 0 Å². The monoisotopic (exact) mass is 183 g/mol. The molecule has 0 radical (unpaired) electrons. The van der Waals surface area contributed by atoms with Crippen molar-refractivity contribution in [2.24, 2.45) is 0 Å². The van der Waals surface area contributed by atoms with Gasteiger partial charge in [0.15, 0.2) is 0 Å². The van der Waals surface area contributed by atoms with E-state index < -0.39 is 0 Å². The number of anilines is 1. The van der Waals surface area contributed by atoms with Crippen molar-refractivity contribution in [3.8, 4) is 0 Å². The van der Waals surface area contributed by atoms with Gasteiger partial charge in [0.05, 0.1) is 0 Å². The van der Waals surface area contributed by atoms with E-state index in [0.29, 0.717) is 6.61 Å². The normalized spacial score (nSPS) is 12.8. The van der Waals surface area contributed by atoms with Crippen LogP contribution in [0.4, 0.5) is 5.82 Å². The number of nitrogens with zero attached hydrogens (tertiary/aromatic N) is 2. The lowest BCUT2D eigenvalue weighted by molar-refractivity contribution is 0.0214. The lowest BCUT2D eigenvalue weighted by atomic mass is 10.5. The van der Waals surface area contributed by atoms with Gasteiger partial charge in [0, 0.05) is 12.8 Å². The Bertz CT molecular complexity index is 334. The van der Waals surface area contributed by atoms with Crippen LogP contribution in [-0.2, 0) is 4.74 Å². The fraction of sp³-hybridized carbons (Fsp3) is 0.500. The van der Waals surface area contributed by atoms with E-state index >= 15 is 0 Å². The molecule has 5 heteroatoms. The van der Waals surface area contributed by atoms with Gasteiger partial charge in [-0.15, -0.1) is 0 Å². The summed E-state index contributed by atoms with van der Waals surface area (Å²) in [6, 6.07) is 1.57. The Labute approximate surface area is 76.2 Å². The van der Waals surface area contributed by atoms with Gasteiger partial charge in [-0.1, -0.05) is 0 Å². The largest absolute Gasteiger partial charge is 0.383 e. The van der Waals surface area contributed by atoms with Gasteiger partial charge in [0.2, 0.25) is 0 Å². The topological polar surface area (TPSA) is 70.1 Å². The second-order valence-electron chi connectivity index (χ2n) is 2.60. The van der Waals surface area contributed by atoms with Crippen molar-refractivity contribution < 1.29 is 4.74 Å². The van der Waals surface area contributed by atoms with Crippen LogP contribution in [-0.4, -0.2) is 16.2 Å². The Balaban J connectivity index is 2.95. The molecule has 0 aliphatic rings. The third-order valence-electron chi connectivity index (χ3n) is 1.65. The fourth-order valence-corrected chi connectivity index (χ4v) is 1.02. The van der Waals surface area contributed by atoms with Crippen LogP contribution in [0, 0.1) is 0 Å². The Morgan fingerprint density at radius 3 is 3.00 bits per heavy atom. The third-order valence-corrected chi connectivity index (χ3v) is 1.65. The van der Waals surface area contributed by atoms with Crippen LogP contribution in [0.1, 0.15) is 20.1 Å². The number of hydrogen-bond donors (Lipinski definition) is 1. The standard InChI is InChI=1S/C8H13N3O2/c1-3-13-6(2)11-5-4-7(9)10-8(11)12/h4-6H,3H2,1-2H3,(H2,9,10,12). The summed E-state index contributed by atoms with van der Waals surface area (Å²) in [5, 5.41) is 0. The van der Waals surface area contributed by atoms with Crippen molar-refractivity contribution in [1.82, 2.24) is 9.55 Å². The quantitative estimate of drug-likeness (QED) is 0.735. The van der Waals surface area contributed by atoms with E-state index in [0.717, 1.165) is 0 Å². The van der Waals surface area contributed by atoms with Gasteiger partial charge in [0.1, 0.15) is 12.0 Å². The first-order valence-corrected chi connectivity index (χ1v) is 4.11. The first kappa shape index (κ1) is 9.73. The number of rotatable bonds is 3. The van der Waals surface area contributed by atoms with Gasteiger partial charge >= 0.3 is 5.69 Å². The minimum absolute atomic E-state index is 0.227. The molecule has 13 heavy (non-hydrogen) atoms. The second kappa shape index (κ2) is 4.04. The smallest absolute Gasteiger partial charge is 0.351 e. The number of aromatic nitrogens is 2. The van der Waals surface area contributed by atoms with Gasteiger partial charge in [-0.2, -0.15) is 4.98 Å². The zero-order chi connectivity index (χ0) is 9.84. The van der Waals surface area contributed by atoms with Gasteiger partial charge in [-0.3, -0.25) is 4.57 Å². The van der Waals surface area contributed by atoms with E-state index in [2.05, 4.69) is 4.98 Å². The SMILES string of the molecule is CCOC(C)n1ccc(N)nc1=O. The van der Waals surface area contributed by atoms with E-state index in [4.69, 9.17) is 10.5 Å². The summed E-state index contributed by atoms with van der Waals surface area (Å²) in [5.74, 6) is 0.227. The fourth-order valence-electron chi connectivity index (χ4n) is 1.02. The summed E-state index contributed by atoms with van der Waals surface area (Å²) in [6.07, 6.45) is 1.27. The molecular weight excluding hydrogens is 170 g/mol. The number of hydrogen-bond acceptors (Lipinski definition) is 4. The molecule has 0 saturated carbocycles. The number of nitrogen functional groups attached to an aromatic ring is 1. The summed E-state index contributed by atoms with van der Waals surface area (Å²) in [4.78, 5) is 14.8. The van der Waals surface area contributed by atoms with Crippen molar-refractivity contribution in [3.63, 3.8) is 0 Å². The van der Waals surface area contributed by atoms with Crippen molar-refractivity contribution in [2.45, 2.75) is 20.1 Å². The van der Waals surface area contributed by atoms with Crippen LogP contribution in [0.5, 0.6) is 0 Å². The summed E-state index contributed by atoms with van der Waals surface area (Å²) < 4.78 is 6.62. The molecule has 1 aromatic rings. The maximum atomic E-state index is 11.2. The predicted octanol–water partition coefficient (Wildman–Crippen LogP) is 0.381. The molecule has 0 aliphatic heterocycles. The van der Waals surface area contributed by atoms with Crippen molar-refractivity contribution in [3.05, 3.63) is 22.7 Å². The highest BCUT2D eigenvalue weighted by Gasteiger charge is 2.05. The van der Waals surface area contributed by atoms with Gasteiger partial charge in [-0.25, -0.2) is 4.79 Å². The molecule has 0 amide bonds. The van der Waals surface area contributed by atoms with Crippen molar-refractivity contribution in [2.75, 3.05) is 12.3 Å².